The van der Waals surface area contributed by atoms with Gasteiger partial charge in [-0.15, -0.1) is 11.3 Å². The molecule has 1 aromatic carbocycles. The van der Waals surface area contributed by atoms with E-state index in [4.69, 9.17) is 9.57 Å². The molecule has 0 amide bonds. The lowest BCUT2D eigenvalue weighted by Crippen LogP contribution is -2.61. The van der Waals surface area contributed by atoms with Crippen molar-refractivity contribution >= 4 is 26.4 Å². The first-order valence-electron chi connectivity index (χ1n) is 10.9. The third kappa shape index (κ3) is 2.81. The van der Waals surface area contributed by atoms with Gasteiger partial charge >= 0.3 is 0 Å². The highest BCUT2D eigenvalue weighted by Crippen LogP contribution is 2.53. The molecule has 2 aliphatic heterocycles. The molecule has 3 saturated carbocycles. The normalized spacial score (nSPS) is 34.1. The van der Waals surface area contributed by atoms with E-state index in [0.717, 1.165) is 44.9 Å². The van der Waals surface area contributed by atoms with Crippen molar-refractivity contribution in [2.45, 2.75) is 50.7 Å². The lowest BCUT2D eigenvalue weighted by Gasteiger charge is -2.52. The number of nitrogens with zero attached hydrogens (tertiary/aromatic N) is 2. The second kappa shape index (κ2) is 6.96. The third-order valence-electron chi connectivity index (χ3n) is 7.45. The maximum absolute atomic E-state index is 6.51. The monoisotopic (exact) mass is 399 g/mol. The van der Waals surface area contributed by atoms with E-state index >= 15 is 0 Å². The van der Waals surface area contributed by atoms with Crippen molar-refractivity contribution in [3.63, 3.8) is 0 Å². The van der Waals surface area contributed by atoms with Crippen LogP contribution >= 0.6 is 11.3 Å². The molecule has 150 valence electrons. The van der Waals surface area contributed by atoms with Gasteiger partial charge in [0.25, 0.3) is 0 Å². The molecule has 0 radical (unpaired) electrons. The minimum atomic E-state index is -0.171. The number of rotatable bonds is 3. The molecule has 5 nitrogen and oxygen atoms in total. The molecule has 5 aliphatic rings. The van der Waals surface area contributed by atoms with Crippen LogP contribution in [-0.2, 0) is 9.57 Å². The van der Waals surface area contributed by atoms with Gasteiger partial charge in [0, 0.05) is 30.4 Å². The van der Waals surface area contributed by atoms with Crippen molar-refractivity contribution in [3.8, 4) is 0 Å². The van der Waals surface area contributed by atoms with E-state index in [1.54, 1.807) is 0 Å². The summed E-state index contributed by atoms with van der Waals surface area (Å²) in [5.41, 5.74) is 3.19. The standard InChI is InChI=1S/C22H29N3O2S/c1-2-4-20-18(3-1)13-21(28-20)25-23-27-22(14-16-5-7-19(22)8-6-16)24(25)15-17-9-11-26-12-10-17/h1-4,13,16-17,19,23H,5-12,14-15H2/t16?,19?,22-/m1/s1. The Morgan fingerprint density at radius 2 is 1.89 bits per heavy atom. The largest absolute Gasteiger partial charge is 0.381 e. The smallest absolute Gasteiger partial charge is 0.165 e. The number of hydrazine groups is 2. The predicted octanol–water partition coefficient (Wildman–Crippen LogP) is 4.71. The molecule has 2 bridgehead atoms. The molecule has 28 heavy (non-hydrogen) atoms. The summed E-state index contributed by atoms with van der Waals surface area (Å²) in [6.07, 6.45) is 8.83. The van der Waals surface area contributed by atoms with E-state index in [2.05, 4.69) is 46.0 Å². The summed E-state index contributed by atoms with van der Waals surface area (Å²) in [5.74, 6) is 2.11. The molecule has 0 unspecified atom stereocenters. The van der Waals surface area contributed by atoms with Crippen LogP contribution in [0.4, 0.5) is 5.00 Å². The van der Waals surface area contributed by atoms with E-state index in [-0.39, 0.29) is 5.72 Å². The number of anilines is 1. The summed E-state index contributed by atoms with van der Waals surface area (Å²) in [6, 6.07) is 11.0. The average Bonchev–Trinajstić information content (AvgIpc) is 3.32. The lowest BCUT2D eigenvalue weighted by molar-refractivity contribution is -0.202. The van der Waals surface area contributed by atoms with E-state index in [9.17, 15) is 0 Å². The molecular formula is C22H29N3O2S. The van der Waals surface area contributed by atoms with Crippen LogP contribution in [0.15, 0.2) is 30.3 Å². The van der Waals surface area contributed by atoms with Crippen LogP contribution in [0.25, 0.3) is 10.1 Å². The zero-order valence-corrected chi connectivity index (χ0v) is 17.1. The molecule has 1 aromatic heterocycles. The molecule has 3 heterocycles. The number of thiophene rings is 1. The number of fused-ring (bicyclic) bond motifs is 3. The summed E-state index contributed by atoms with van der Waals surface area (Å²) in [6.45, 7) is 2.84. The van der Waals surface area contributed by atoms with Gasteiger partial charge in [0.1, 0.15) is 5.00 Å². The fourth-order valence-electron chi connectivity index (χ4n) is 5.88. The molecule has 3 aliphatic carbocycles. The molecule has 7 rings (SSSR count). The third-order valence-corrected chi connectivity index (χ3v) is 8.54. The molecule has 6 heteroatoms. The fourth-order valence-corrected chi connectivity index (χ4v) is 6.90. The van der Waals surface area contributed by atoms with Crippen LogP contribution in [0.1, 0.15) is 44.9 Å². The Morgan fingerprint density at radius 1 is 1.07 bits per heavy atom. The zero-order valence-electron chi connectivity index (χ0n) is 16.3. The van der Waals surface area contributed by atoms with Crippen molar-refractivity contribution in [2.75, 3.05) is 24.9 Å². The number of nitrogens with one attached hydrogen (secondary N) is 1. The number of benzene rings is 1. The molecule has 1 N–H and O–H groups in total. The summed E-state index contributed by atoms with van der Waals surface area (Å²) < 4.78 is 6.95. The predicted molar refractivity (Wildman–Crippen MR) is 112 cm³/mol. The van der Waals surface area contributed by atoms with E-state index in [1.165, 1.54) is 40.8 Å². The van der Waals surface area contributed by atoms with Gasteiger partial charge in [-0.1, -0.05) is 23.8 Å². The van der Waals surface area contributed by atoms with Gasteiger partial charge in [-0.3, -0.25) is 4.84 Å². The molecule has 2 aromatic rings. The Kier molecular flexibility index (Phi) is 4.39. The fraction of sp³-hybridized carbons (Fsp3) is 0.636. The zero-order chi connectivity index (χ0) is 18.6. The number of ether oxygens (including phenoxy) is 1. The summed E-state index contributed by atoms with van der Waals surface area (Å²) in [7, 11) is 0. The van der Waals surface area contributed by atoms with Crippen LogP contribution in [0.2, 0.25) is 0 Å². The average molecular weight is 400 g/mol. The van der Waals surface area contributed by atoms with E-state index in [0.29, 0.717) is 11.8 Å². The van der Waals surface area contributed by atoms with Crippen molar-refractivity contribution in [2.24, 2.45) is 17.8 Å². The molecule has 1 atom stereocenters. The van der Waals surface area contributed by atoms with Gasteiger partial charge in [0.05, 0.1) is 0 Å². The van der Waals surface area contributed by atoms with Gasteiger partial charge in [-0.25, -0.2) is 5.12 Å². The van der Waals surface area contributed by atoms with Crippen molar-refractivity contribution in [1.82, 2.24) is 10.6 Å². The highest BCUT2D eigenvalue weighted by atomic mass is 32.1. The second-order valence-corrected chi connectivity index (χ2v) is 10.1. The molecular weight excluding hydrogens is 370 g/mol. The van der Waals surface area contributed by atoms with Gasteiger partial charge in [-0.05, 0) is 74.3 Å². The van der Waals surface area contributed by atoms with Crippen LogP contribution in [0, 0.1) is 17.8 Å². The topological polar surface area (TPSA) is 37.0 Å². The highest BCUT2D eigenvalue weighted by molar-refractivity contribution is 7.22. The quantitative estimate of drug-likeness (QED) is 0.809. The maximum Gasteiger partial charge on any atom is 0.165 e. The summed E-state index contributed by atoms with van der Waals surface area (Å²) in [4.78, 5) is 6.51. The maximum atomic E-state index is 6.51. The minimum absolute atomic E-state index is 0.171. The van der Waals surface area contributed by atoms with Crippen molar-refractivity contribution in [3.05, 3.63) is 30.3 Å². The number of hydrogen-bond donors (Lipinski definition) is 1. The Morgan fingerprint density at radius 3 is 2.64 bits per heavy atom. The summed E-state index contributed by atoms with van der Waals surface area (Å²) >= 11 is 1.84. The molecule has 2 saturated heterocycles. The van der Waals surface area contributed by atoms with Gasteiger partial charge < -0.3 is 4.74 Å². The Labute approximate surface area is 170 Å². The van der Waals surface area contributed by atoms with Crippen molar-refractivity contribution in [1.29, 1.82) is 0 Å². The van der Waals surface area contributed by atoms with Gasteiger partial charge in [0.2, 0.25) is 0 Å². The second-order valence-electron chi connectivity index (χ2n) is 9.03. The first kappa shape index (κ1) is 17.7. The van der Waals surface area contributed by atoms with Crippen molar-refractivity contribution < 1.29 is 9.57 Å². The summed E-state index contributed by atoms with van der Waals surface area (Å²) in [5, 5.41) is 7.35. The van der Waals surface area contributed by atoms with Crippen LogP contribution in [0.5, 0.6) is 0 Å². The van der Waals surface area contributed by atoms with Gasteiger partial charge in [0.15, 0.2) is 5.72 Å². The lowest BCUT2D eigenvalue weighted by atomic mass is 9.65. The first-order chi connectivity index (χ1) is 13.8. The van der Waals surface area contributed by atoms with Crippen LogP contribution in [0.3, 0.4) is 0 Å². The molecule has 5 fully saturated rings. The van der Waals surface area contributed by atoms with Gasteiger partial charge in [-0.2, -0.15) is 5.01 Å². The Balaban J connectivity index is 1.36. The highest BCUT2D eigenvalue weighted by Gasteiger charge is 2.58. The molecule has 1 spiro atoms. The minimum Gasteiger partial charge on any atom is -0.381 e. The van der Waals surface area contributed by atoms with E-state index < -0.39 is 0 Å². The number of hydrogen-bond acceptors (Lipinski definition) is 6. The van der Waals surface area contributed by atoms with Crippen LogP contribution < -0.4 is 10.7 Å². The SMILES string of the molecule is c1ccc2sc(N3NO[C@@]4(CC5CCC4CC5)N3CC3CCOCC3)cc2c1. The van der Waals surface area contributed by atoms with Crippen LogP contribution in [-0.4, -0.2) is 30.5 Å². The first-order valence-corrected chi connectivity index (χ1v) is 11.7. The van der Waals surface area contributed by atoms with E-state index in [1.807, 2.05) is 11.3 Å². The Bertz CT molecular complexity index is 810. The Hall–Kier alpha value is -1.18.